The molecule has 4 aliphatic carbocycles. The molecule has 7 aromatic carbocycles. The molecular weight excluding hydrogens is 872 g/mol. The molecule has 3 aliphatic heterocycles. The van der Waals surface area contributed by atoms with Gasteiger partial charge < -0.3 is 14.1 Å². The van der Waals surface area contributed by atoms with Crippen LogP contribution in [0.2, 0.25) is 0 Å². The van der Waals surface area contributed by atoms with Gasteiger partial charge in [-0.1, -0.05) is 166 Å². The average Bonchev–Trinajstić information content (AvgIpc) is 3.68. The van der Waals surface area contributed by atoms with E-state index in [1.165, 1.54) is 129 Å². The van der Waals surface area contributed by atoms with Gasteiger partial charge in [0.2, 0.25) is 0 Å². The van der Waals surface area contributed by atoms with Crippen molar-refractivity contribution in [2.24, 2.45) is 0 Å². The van der Waals surface area contributed by atoms with E-state index < -0.39 is 0 Å². The quantitative estimate of drug-likeness (QED) is 0.161. The first-order valence-electron chi connectivity index (χ1n) is 26.8. The molecule has 3 nitrogen and oxygen atoms in total. The van der Waals surface area contributed by atoms with Crippen LogP contribution in [0.15, 0.2) is 144 Å². The van der Waals surface area contributed by atoms with Crippen molar-refractivity contribution in [1.29, 1.82) is 0 Å². The Labute approximate surface area is 426 Å². The summed E-state index contributed by atoms with van der Waals surface area (Å²) in [6.07, 6.45) is 13.8. The van der Waals surface area contributed by atoms with Gasteiger partial charge in [0.1, 0.15) is 11.3 Å². The maximum Gasteiger partial charge on any atom is 0.333 e. The van der Waals surface area contributed by atoms with Gasteiger partial charge in [-0.2, -0.15) is 0 Å². The van der Waals surface area contributed by atoms with E-state index in [1.54, 1.807) is 0 Å². The summed E-state index contributed by atoms with van der Waals surface area (Å²) in [5.74, 6) is 0.960. The molecular formula is C68H63BN2O. The van der Waals surface area contributed by atoms with Crippen molar-refractivity contribution in [1.82, 2.24) is 0 Å². The number of fused-ring (bicyclic) bond motifs is 13. The van der Waals surface area contributed by atoms with E-state index >= 15 is 0 Å². The lowest BCUT2D eigenvalue weighted by Gasteiger charge is -2.48. The van der Waals surface area contributed by atoms with Crippen molar-refractivity contribution in [2.75, 3.05) is 9.71 Å². The highest BCUT2D eigenvalue weighted by Gasteiger charge is 2.51. The van der Waals surface area contributed by atoms with Crippen LogP contribution in [0.25, 0.3) is 50.4 Å². The molecule has 8 aromatic rings. The number of rotatable bonds is 2. The second kappa shape index (κ2) is 13.8. The van der Waals surface area contributed by atoms with Crippen LogP contribution in [0.3, 0.4) is 0 Å². The summed E-state index contributed by atoms with van der Waals surface area (Å²) in [7, 11) is 0. The van der Waals surface area contributed by atoms with E-state index in [9.17, 15) is 0 Å². The highest BCUT2D eigenvalue weighted by atomic mass is 16.3. The summed E-state index contributed by atoms with van der Waals surface area (Å²) in [6, 6.07) is 48.1. The predicted molar refractivity (Wildman–Crippen MR) is 304 cm³/mol. The van der Waals surface area contributed by atoms with Gasteiger partial charge in [-0.05, 0) is 174 Å². The fourth-order valence-electron chi connectivity index (χ4n) is 15.1. The molecule has 4 heterocycles. The van der Waals surface area contributed by atoms with Gasteiger partial charge in [0, 0.05) is 44.9 Å². The first-order valence-corrected chi connectivity index (χ1v) is 26.8. The van der Waals surface area contributed by atoms with Crippen LogP contribution >= 0.6 is 0 Å². The van der Waals surface area contributed by atoms with Crippen LogP contribution in [-0.2, 0) is 27.1 Å². The standard InChI is InChI=1S/C68H63BN2O/c1-64(2)28-29-65(3,4)51-33-41(25-26-49(51)64)71-56-37-50-44(42-20-14-16-22-48(42)68(50,9)10)34-45(56)47-36-59-61-60-43(21-15-17-23-58(60)72-59)46-35-52-53(67(7,8)31-30-66(52,5)6)38-55(46)70-57-32-40(39-18-12-11-13-19-39)24-27-54(57)69(71)62(47)63(61)70/h11-27,32-38,43H,28-31H2,1-10H3. The molecule has 0 spiro atoms. The summed E-state index contributed by atoms with van der Waals surface area (Å²) < 4.78 is 7.32. The number of hydrogen-bond acceptors (Lipinski definition) is 3. The minimum atomic E-state index is -0.173. The van der Waals surface area contributed by atoms with E-state index in [4.69, 9.17) is 4.42 Å². The Morgan fingerprint density at radius 1 is 0.514 bits per heavy atom. The minimum absolute atomic E-state index is 0.00305. The molecule has 0 N–H and O–H groups in total. The minimum Gasteiger partial charge on any atom is -0.456 e. The van der Waals surface area contributed by atoms with Crippen LogP contribution in [0.5, 0.6) is 0 Å². The summed E-state index contributed by atoms with van der Waals surface area (Å²) >= 11 is 0. The summed E-state index contributed by atoms with van der Waals surface area (Å²) in [5.41, 5.74) is 29.0. The Morgan fingerprint density at radius 2 is 1.19 bits per heavy atom. The number of allylic oxidation sites excluding steroid dienone is 3. The first-order chi connectivity index (χ1) is 34.4. The van der Waals surface area contributed by atoms with Crippen molar-refractivity contribution in [2.45, 2.75) is 128 Å². The van der Waals surface area contributed by atoms with Crippen molar-refractivity contribution < 1.29 is 4.42 Å². The molecule has 0 bridgehead atoms. The summed E-state index contributed by atoms with van der Waals surface area (Å²) in [6.45, 7) is 24.5. The predicted octanol–water partition coefficient (Wildman–Crippen LogP) is 16.8. The van der Waals surface area contributed by atoms with Crippen LogP contribution in [0.1, 0.15) is 151 Å². The highest BCUT2D eigenvalue weighted by molar-refractivity contribution is 6.94. The molecule has 354 valence electrons. The molecule has 1 atom stereocenters. The lowest BCUT2D eigenvalue weighted by Crippen LogP contribution is -2.61. The van der Waals surface area contributed by atoms with E-state index in [2.05, 4.69) is 225 Å². The van der Waals surface area contributed by atoms with Gasteiger partial charge in [0.05, 0.1) is 11.4 Å². The number of nitrogens with zero attached hydrogens (tertiary/aromatic N) is 2. The van der Waals surface area contributed by atoms with Crippen LogP contribution < -0.4 is 20.6 Å². The Morgan fingerprint density at radius 3 is 1.96 bits per heavy atom. The molecule has 0 radical (unpaired) electrons. The Balaban J connectivity index is 1.12. The molecule has 1 unspecified atom stereocenters. The van der Waals surface area contributed by atoms with Gasteiger partial charge in [-0.3, -0.25) is 0 Å². The Bertz CT molecular complexity index is 3820. The smallest absolute Gasteiger partial charge is 0.333 e. The fourth-order valence-corrected chi connectivity index (χ4v) is 15.1. The van der Waals surface area contributed by atoms with Crippen molar-refractivity contribution in [3.8, 4) is 33.4 Å². The fraction of sp³-hybridized carbons (Fsp3) is 0.294. The molecule has 15 rings (SSSR count). The lowest BCUT2D eigenvalue weighted by molar-refractivity contribution is 0.331. The number of hydrogen-bond donors (Lipinski definition) is 0. The molecule has 0 fully saturated rings. The van der Waals surface area contributed by atoms with Crippen molar-refractivity contribution in [3.63, 3.8) is 0 Å². The largest absolute Gasteiger partial charge is 0.456 e. The molecule has 1 aromatic heterocycles. The zero-order valence-corrected chi connectivity index (χ0v) is 43.6. The van der Waals surface area contributed by atoms with Gasteiger partial charge >= 0.3 is 6.85 Å². The maximum absolute atomic E-state index is 7.32. The molecule has 0 saturated carbocycles. The number of furan rings is 1. The SMILES string of the molecule is CC1(C)CCC(C)(C)c2cc(N3B4c5ccc(-c6ccccc6)cc5N5c6cc7c(cc6C6C=CC=Cc8oc9cc(c4c5c9c86)-c4cc5c(cc43)C(C)(C)c3ccccc3-5)C(C)(C)CCC7(C)C)ccc21. The van der Waals surface area contributed by atoms with Crippen molar-refractivity contribution in [3.05, 3.63) is 190 Å². The van der Waals surface area contributed by atoms with Gasteiger partial charge in [-0.25, -0.2) is 0 Å². The normalized spacial score (nSPS) is 20.6. The van der Waals surface area contributed by atoms with Gasteiger partial charge in [0.25, 0.3) is 0 Å². The van der Waals surface area contributed by atoms with Gasteiger partial charge in [0.15, 0.2) is 0 Å². The van der Waals surface area contributed by atoms with E-state index in [0.29, 0.717) is 0 Å². The topological polar surface area (TPSA) is 19.6 Å². The van der Waals surface area contributed by atoms with Crippen LogP contribution in [0, 0.1) is 0 Å². The number of anilines is 5. The zero-order valence-electron chi connectivity index (χ0n) is 43.6. The van der Waals surface area contributed by atoms with Crippen LogP contribution in [-0.4, -0.2) is 6.85 Å². The molecule has 7 aliphatic rings. The van der Waals surface area contributed by atoms with Crippen LogP contribution in [0.4, 0.5) is 28.4 Å². The van der Waals surface area contributed by atoms with Crippen molar-refractivity contribution >= 4 is 63.3 Å². The lowest BCUT2D eigenvalue weighted by atomic mass is 9.43. The third-order valence-electron chi connectivity index (χ3n) is 19.4. The average molecular weight is 935 g/mol. The Kier molecular flexibility index (Phi) is 8.24. The number of benzene rings is 7. The van der Waals surface area contributed by atoms with E-state index in [1.807, 2.05) is 0 Å². The molecule has 72 heavy (non-hydrogen) atoms. The summed E-state index contributed by atoms with van der Waals surface area (Å²) in [5, 5.41) is 1.24. The second-order valence-electron chi connectivity index (χ2n) is 25.7. The zero-order chi connectivity index (χ0) is 49.2. The summed E-state index contributed by atoms with van der Waals surface area (Å²) in [4.78, 5) is 5.53. The third kappa shape index (κ3) is 5.49. The third-order valence-corrected chi connectivity index (χ3v) is 19.4. The molecule has 4 heteroatoms. The second-order valence-corrected chi connectivity index (χ2v) is 25.7. The van der Waals surface area contributed by atoms with Gasteiger partial charge in [-0.15, -0.1) is 0 Å². The van der Waals surface area contributed by atoms with E-state index in [0.717, 1.165) is 30.6 Å². The highest BCUT2D eigenvalue weighted by Crippen LogP contribution is 2.61. The molecule has 0 amide bonds. The van der Waals surface area contributed by atoms with E-state index in [-0.39, 0.29) is 39.8 Å². The Hall–Kier alpha value is -6.78. The monoisotopic (exact) mass is 935 g/mol. The first kappa shape index (κ1) is 42.9. The maximum atomic E-state index is 7.32. The molecule has 0 saturated heterocycles.